The molecule has 0 saturated carbocycles. The van der Waals surface area contributed by atoms with E-state index in [4.69, 9.17) is 0 Å². The van der Waals surface area contributed by atoms with E-state index < -0.39 is 0 Å². The average Bonchev–Trinajstić information content (AvgIpc) is 2.26. The number of benzene rings is 2. The van der Waals surface area contributed by atoms with E-state index in [2.05, 4.69) is 37.3 Å². The van der Waals surface area contributed by atoms with Crippen molar-refractivity contribution in [3.05, 3.63) is 47.0 Å². The Kier molecular flexibility index (Phi) is 2.06. The number of rotatable bonds is 0. The largest absolute Gasteiger partial charge is 0.299 e. The van der Waals surface area contributed by atoms with Gasteiger partial charge in [-0.05, 0) is 35.2 Å². The molecular weight excluding hydrogens is 196 g/mol. The number of hydrogen-bond acceptors (Lipinski definition) is 1. The molecule has 0 heterocycles. The van der Waals surface area contributed by atoms with E-state index in [-0.39, 0.29) is 0 Å². The van der Waals surface area contributed by atoms with Gasteiger partial charge in [0.05, 0.1) is 0 Å². The molecule has 2 aromatic rings. The molecule has 1 heteroatoms. The molecule has 0 radical (unpaired) electrons. The van der Waals surface area contributed by atoms with Crippen LogP contribution in [-0.2, 0) is 17.6 Å². The quantitative estimate of drug-likeness (QED) is 0.652. The van der Waals surface area contributed by atoms with Gasteiger partial charge in [0.1, 0.15) is 5.78 Å². The van der Waals surface area contributed by atoms with Crippen LogP contribution in [0.1, 0.15) is 23.1 Å². The zero-order valence-corrected chi connectivity index (χ0v) is 9.42. The molecule has 0 amide bonds. The summed E-state index contributed by atoms with van der Waals surface area (Å²) in [7, 11) is 0. The average molecular weight is 210 g/mol. The highest BCUT2D eigenvalue weighted by atomic mass is 16.1. The third-order valence-corrected chi connectivity index (χ3v) is 3.38. The predicted molar refractivity (Wildman–Crippen MR) is 65.7 cm³/mol. The van der Waals surface area contributed by atoms with Crippen LogP contribution >= 0.6 is 0 Å². The molecule has 0 spiro atoms. The molecule has 1 aliphatic rings. The minimum Gasteiger partial charge on any atom is -0.299 e. The molecule has 0 N–H and O–H groups in total. The number of Topliss-reactive ketones (excluding diaryl/α,β-unsaturated/α-hetero) is 1. The van der Waals surface area contributed by atoms with E-state index in [1.54, 1.807) is 0 Å². The predicted octanol–water partition coefficient (Wildman–Crippen LogP) is 3.21. The molecule has 80 valence electrons. The molecule has 1 nitrogen and oxygen atoms in total. The van der Waals surface area contributed by atoms with E-state index in [9.17, 15) is 4.79 Å². The second kappa shape index (κ2) is 3.44. The lowest BCUT2D eigenvalue weighted by Crippen LogP contribution is -2.12. The number of carbonyl (C=O) groups excluding carboxylic acids is 1. The molecule has 0 atom stereocenters. The first-order valence-corrected chi connectivity index (χ1v) is 5.76. The van der Waals surface area contributed by atoms with Crippen molar-refractivity contribution < 1.29 is 4.79 Å². The zero-order chi connectivity index (χ0) is 11.1. The highest BCUT2D eigenvalue weighted by Gasteiger charge is 2.15. The van der Waals surface area contributed by atoms with Crippen molar-refractivity contribution in [1.82, 2.24) is 0 Å². The SMILES string of the molecule is Cc1ccc2cc3c(cc2c1)CC(=O)CC3. The standard InChI is InChI=1S/C15H14O/c1-10-2-3-11-7-12-4-5-15(16)9-14(12)8-13(11)6-10/h2-3,6-8H,4-5,9H2,1H3. The highest BCUT2D eigenvalue weighted by Crippen LogP contribution is 2.26. The summed E-state index contributed by atoms with van der Waals surface area (Å²) in [5.41, 5.74) is 3.86. The van der Waals surface area contributed by atoms with Gasteiger partial charge in [0.15, 0.2) is 0 Å². The van der Waals surface area contributed by atoms with Gasteiger partial charge < -0.3 is 0 Å². The number of carbonyl (C=O) groups is 1. The second-order valence-corrected chi connectivity index (χ2v) is 4.69. The summed E-state index contributed by atoms with van der Waals surface area (Å²) in [6, 6.07) is 10.9. The van der Waals surface area contributed by atoms with Crippen molar-refractivity contribution in [1.29, 1.82) is 0 Å². The Morgan fingerprint density at radius 2 is 1.75 bits per heavy atom. The molecule has 0 aromatic heterocycles. The smallest absolute Gasteiger partial charge is 0.137 e. The van der Waals surface area contributed by atoms with Crippen molar-refractivity contribution in [2.24, 2.45) is 0 Å². The maximum absolute atomic E-state index is 11.4. The molecular formula is C15H14O. The molecule has 0 unspecified atom stereocenters. The summed E-state index contributed by atoms with van der Waals surface area (Å²) < 4.78 is 0. The van der Waals surface area contributed by atoms with Crippen LogP contribution in [0.25, 0.3) is 10.8 Å². The van der Waals surface area contributed by atoms with Crippen molar-refractivity contribution in [2.75, 3.05) is 0 Å². The maximum atomic E-state index is 11.4. The summed E-state index contributed by atoms with van der Waals surface area (Å²) in [5.74, 6) is 0.375. The van der Waals surface area contributed by atoms with Crippen LogP contribution in [0, 0.1) is 6.92 Å². The Morgan fingerprint density at radius 3 is 2.62 bits per heavy atom. The fourth-order valence-corrected chi connectivity index (χ4v) is 2.48. The number of fused-ring (bicyclic) bond motifs is 2. The molecule has 2 aromatic carbocycles. The van der Waals surface area contributed by atoms with Gasteiger partial charge in [-0.25, -0.2) is 0 Å². The Bertz CT molecular complexity index is 581. The fraction of sp³-hybridized carbons (Fsp3) is 0.267. The van der Waals surface area contributed by atoms with Gasteiger partial charge in [-0.2, -0.15) is 0 Å². The van der Waals surface area contributed by atoms with E-state index in [1.165, 1.54) is 27.5 Å². The Labute approximate surface area is 95.1 Å². The fourth-order valence-electron chi connectivity index (χ4n) is 2.48. The monoisotopic (exact) mass is 210 g/mol. The van der Waals surface area contributed by atoms with E-state index in [0.29, 0.717) is 18.6 Å². The van der Waals surface area contributed by atoms with Crippen LogP contribution in [0.15, 0.2) is 30.3 Å². The van der Waals surface area contributed by atoms with Crippen LogP contribution in [-0.4, -0.2) is 5.78 Å². The normalized spacial score (nSPS) is 15.2. The van der Waals surface area contributed by atoms with Crippen molar-refractivity contribution in [3.63, 3.8) is 0 Å². The molecule has 1 aliphatic carbocycles. The van der Waals surface area contributed by atoms with Gasteiger partial charge in [-0.1, -0.05) is 35.9 Å². The molecule has 0 saturated heterocycles. The summed E-state index contributed by atoms with van der Waals surface area (Å²) >= 11 is 0. The Hall–Kier alpha value is -1.63. The van der Waals surface area contributed by atoms with Crippen molar-refractivity contribution in [2.45, 2.75) is 26.2 Å². The molecule has 0 fully saturated rings. The van der Waals surface area contributed by atoms with Gasteiger partial charge in [-0.15, -0.1) is 0 Å². The first-order valence-electron chi connectivity index (χ1n) is 5.76. The lowest BCUT2D eigenvalue weighted by Gasteiger charge is -2.16. The first kappa shape index (κ1) is 9.59. The molecule has 0 aliphatic heterocycles. The van der Waals surface area contributed by atoms with E-state index >= 15 is 0 Å². The number of hydrogen-bond donors (Lipinski definition) is 0. The van der Waals surface area contributed by atoms with Crippen LogP contribution in [0.2, 0.25) is 0 Å². The molecule has 16 heavy (non-hydrogen) atoms. The van der Waals surface area contributed by atoms with E-state index in [0.717, 1.165) is 6.42 Å². The lowest BCUT2D eigenvalue weighted by atomic mass is 9.88. The summed E-state index contributed by atoms with van der Waals surface area (Å²) in [6.07, 6.45) is 2.25. The number of ketones is 1. The topological polar surface area (TPSA) is 17.1 Å². The van der Waals surface area contributed by atoms with Gasteiger partial charge in [-0.3, -0.25) is 4.79 Å². The van der Waals surface area contributed by atoms with Crippen LogP contribution in [0.4, 0.5) is 0 Å². The first-order chi connectivity index (χ1) is 7.72. The Balaban J connectivity index is 2.23. The highest BCUT2D eigenvalue weighted by molar-refractivity contribution is 5.89. The summed E-state index contributed by atoms with van der Waals surface area (Å²) in [6.45, 7) is 2.10. The van der Waals surface area contributed by atoms with Gasteiger partial charge in [0.25, 0.3) is 0 Å². The van der Waals surface area contributed by atoms with E-state index in [1.807, 2.05) is 0 Å². The van der Waals surface area contributed by atoms with Crippen LogP contribution in [0.5, 0.6) is 0 Å². The van der Waals surface area contributed by atoms with Gasteiger partial charge in [0.2, 0.25) is 0 Å². The van der Waals surface area contributed by atoms with Crippen LogP contribution < -0.4 is 0 Å². The Morgan fingerprint density at radius 1 is 0.938 bits per heavy atom. The molecule has 3 rings (SSSR count). The second-order valence-electron chi connectivity index (χ2n) is 4.69. The number of aryl methyl sites for hydroxylation is 2. The van der Waals surface area contributed by atoms with Gasteiger partial charge >= 0.3 is 0 Å². The third kappa shape index (κ3) is 1.53. The van der Waals surface area contributed by atoms with Crippen LogP contribution in [0.3, 0.4) is 0 Å². The lowest BCUT2D eigenvalue weighted by molar-refractivity contribution is -0.118. The van der Waals surface area contributed by atoms with Crippen molar-refractivity contribution in [3.8, 4) is 0 Å². The summed E-state index contributed by atoms with van der Waals surface area (Å²) in [5, 5.41) is 2.55. The summed E-state index contributed by atoms with van der Waals surface area (Å²) in [4.78, 5) is 11.4. The minimum absolute atomic E-state index is 0.375. The zero-order valence-electron chi connectivity index (χ0n) is 9.42. The third-order valence-electron chi connectivity index (χ3n) is 3.38. The maximum Gasteiger partial charge on any atom is 0.137 e. The van der Waals surface area contributed by atoms with Gasteiger partial charge in [0, 0.05) is 12.8 Å². The van der Waals surface area contributed by atoms with Crippen molar-refractivity contribution >= 4 is 16.6 Å². The molecule has 0 bridgehead atoms. The minimum atomic E-state index is 0.375.